The van der Waals surface area contributed by atoms with Gasteiger partial charge in [0.15, 0.2) is 0 Å². The second kappa shape index (κ2) is 8.11. The highest BCUT2D eigenvalue weighted by molar-refractivity contribution is 5.94. The number of aliphatic carboxylic acids is 2. The van der Waals surface area contributed by atoms with Crippen molar-refractivity contribution < 1.29 is 34.2 Å². The van der Waals surface area contributed by atoms with Crippen molar-refractivity contribution in [3.05, 3.63) is 0 Å². The molecule has 10 heteroatoms. The lowest BCUT2D eigenvalue weighted by Gasteiger charge is -2.19. The maximum Gasteiger partial charge on any atom is 0.326 e. The molecule has 0 aliphatic carbocycles. The fraction of sp³-hybridized carbons (Fsp3) is 0.615. The van der Waals surface area contributed by atoms with Gasteiger partial charge in [-0.2, -0.15) is 0 Å². The van der Waals surface area contributed by atoms with Crippen LogP contribution in [0, 0.1) is 0 Å². The molecule has 0 radical (unpaired) electrons. The van der Waals surface area contributed by atoms with E-state index in [1.807, 2.05) is 0 Å². The van der Waals surface area contributed by atoms with Gasteiger partial charge < -0.3 is 26.2 Å². The van der Waals surface area contributed by atoms with Gasteiger partial charge in [0, 0.05) is 12.8 Å². The second-order valence-electron chi connectivity index (χ2n) is 5.22. The van der Waals surface area contributed by atoms with Crippen LogP contribution in [0.3, 0.4) is 0 Å². The van der Waals surface area contributed by atoms with Crippen LogP contribution in [0.5, 0.6) is 0 Å². The summed E-state index contributed by atoms with van der Waals surface area (Å²) in [5, 5.41) is 24.5. The molecule has 23 heavy (non-hydrogen) atoms. The van der Waals surface area contributed by atoms with Gasteiger partial charge in [-0.25, -0.2) is 4.79 Å². The Morgan fingerprint density at radius 2 is 1.91 bits per heavy atom. The molecule has 128 valence electrons. The zero-order chi connectivity index (χ0) is 17.6. The van der Waals surface area contributed by atoms with Gasteiger partial charge in [-0.3, -0.25) is 19.2 Å². The van der Waals surface area contributed by atoms with Crippen molar-refractivity contribution in [1.29, 1.82) is 0 Å². The average molecular weight is 329 g/mol. The minimum Gasteiger partial charge on any atom is -0.481 e. The Kier molecular flexibility index (Phi) is 6.49. The molecule has 5 N–H and O–H groups in total. The number of carboxylic acids is 2. The standard InChI is InChI=1S/C13H19N3O7/c1-6(14-12(21)7-2-4-9(17)15-7)11(20)16-8(13(22)23)3-5-10(18)19/h6-8H,2-5H2,1H3,(H,14,21)(H,15,17)(H,16,20)(H,18,19)(H,22,23). The predicted octanol–water partition coefficient (Wildman–Crippen LogP) is -1.80. The molecule has 0 saturated carbocycles. The van der Waals surface area contributed by atoms with E-state index in [9.17, 15) is 24.0 Å². The lowest BCUT2D eigenvalue weighted by molar-refractivity contribution is -0.143. The number of nitrogens with one attached hydrogen (secondary N) is 3. The van der Waals surface area contributed by atoms with Crippen LogP contribution in [0.1, 0.15) is 32.6 Å². The van der Waals surface area contributed by atoms with Crippen molar-refractivity contribution in [2.24, 2.45) is 0 Å². The van der Waals surface area contributed by atoms with Crippen LogP contribution in [0.2, 0.25) is 0 Å². The zero-order valence-electron chi connectivity index (χ0n) is 12.5. The first-order valence-corrected chi connectivity index (χ1v) is 7.05. The minimum absolute atomic E-state index is 0.231. The Morgan fingerprint density at radius 1 is 1.26 bits per heavy atom. The Hall–Kier alpha value is -2.65. The van der Waals surface area contributed by atoms with Crippen molar-refractivity contribution in [3.8, 4) is 0 Å². The van der Waals surface area contributed by atoms with E-state index in [0.29, 0.717) is 6.42 Å². The molecule has 1 saturated heterocycles. The molecule has 1 aliphatic rings. The highest BCUT2D eigenvalue weighted by Crippen LogP contribution is 2.06. The molecule has 1 aliphatic heterocycles. The van der Waals surface area contributed by atoms with Gasteiger partial charge in [-0.1, -0.05) is 0 Å². The maximum absolute atomic E-state index is 11.9. The molecule has 3 atom stereocenters. The van der Waals surface area contributed by atoms with Crippen LogP contribution in [-0.2, 0) is 24.0 Å². The lowest BCUT2D eigenvalue weighted by Crippen LogP contribution is -2.53. The topological polar surface area (TPSA) is 162 Å². The summed E-state index contributed by atoms with van der Waals surface area (Å²) in [6.45, 7) is 1.36. The molecule has 3 amide bonds. The van der Waals surface area contributed by atoms with Crippen LogP contribution >= 0.6 is 0 Å². The number of rotatable bonds is 8. The quantitative estimate of drug-likeness (QED) is 0.351. The zero-order valence-corrected chi connectivity index (χ0v) is 12.5. The molecule has 10 nitrogen and oxygen atoms in total. The summed E-state index contributed by atoms with van der Waals surface area (Å²) in [6.07, 6.45) is -0.119. The van der Waals surface area contributed by atoms with Crippen molar-refractivity contribution in [1.82, 2.24) is 16.0 Å². The van der Waals surface area contributed by atoms with Gasteiger partial charge in [-0.05, 0) is 19.8 Å². The molecule has 0 aromatic heterocycles. The Labute approximate surface area is 131 Å². The maximum atomic E-state index is 11.9. The van der Waals surface area contributed by atoms with Gasteiger partial charge in [0.25, 0.3) is 0 Å². The Balaban J connectivity index is 2.50. The number of hydrogen-bond donors (Lipinski definition) is 5. The molecule has 3 unspecified atom stereocenters. The van der Waals surface area contributed by atoms with E-state index in [1.165, 1.54) is 6.92 Å². The first-order valence-electron chi connectivity index (χ1n) is 7.05. The smallest absolute Gasteiger partial charge is 0.326 e. The van der Waals surface area contributed by atoms with Gasteiger partial charge >= 0.3 is 11.9 Å². The molecule has 1 fully saturated rings. The third-order valence-corrected chi connectivity index (χ3v) is 3.33. The van der Waals surface area contributed by atoms with Gasteiger partial charge in [0.05, 0.1) is 0 Å². The Morgan fingerprint density at radius 3 is 2.39 bits per heavy atom. The highest BCUT2D eigenvalue weighted by Gasteiger charge is 2.30. The molecule has 0 aromatic rings. The van der Waals surface area contributed by atoms with Crippen molar-refractivity contribution in [3.63, 3.8) is 0 Å². The molecule has 0 aromatic carbocycles. The van der Waals surface area contributed by atoms with E-state index < -0.39 is 48.3 Å². The van der Waals surface area contributed by atoms with Crippen LogP contribution in [0.25, 0.3) is 0 Å². The lowest BCUT2D eigenvalue weighted by atomic mass is 10.1. The van der Waals surface area contributed by atoms with E-state index in [1.54, 1.807) is 0 Å². The van der Waals surface area contributed by atoms with E-state index in [4.69, 9.17) is 10.2 Å². The van der Waals surface area contributed by atoms with Crippen LogP contribution in [0.4, 0.5) is 0 Å². The fourth-order valence-corrected chi connectivity index (χ4v) is 2.01. The number of carbonyl (C=O) groups excluding carboxylic acids is 3. The summed E-state index contributed by atoms with van der Waals surface area (Å²) >= 11 is 0. The van der Waals surface area contributed by atoms with Crippen molar-refractivity contribution in [2.45, 2.75) is 50.7 Å². The number of carboxylic acid groups (broad SMARTS) is 2. The largest absolute Gasteiger partial charge is 0.481 e. The molecule has 0 spiro atoms. The summed E-state index contributed by atoms with van der Waals surface area (Å²) in [7, 11) is 0. The predicted molar refractivity (Wildman–Crippen MR) is 75.2 cm³/mol. The van der Waals surface area contributed by atoms with Crippen LogP contribution in [-0.4, -0.2) is 58.0 Å². The SMILES string of the molecule is CC(NC(=O)C1CCC(=O)N1)C(=O)NC(CCC(=O)O)C(=O)O. The van der Waals surface area contributed by atoms with Gasteiger partial charge in [0.2, 0.25) is 17.7 Å². The number of amides is 3. The second-order valence-corrected chi connectivity index (χ2v) is 5.22. The summed E-state index contributed by atoms with van der Waals surface area (Å²) in [5.74, 6) is -4.07. The first-order chi connectivity index (χ1) is 10.7. The molecular formula is C13H19N3O7. The van der Waals surface area contributed by atoms with Crippen molar-refractivity contribution in [2.75, 3.05) is 0 Å². The van der Waals surface area contributed by atoms with Crippen molar-refractivity contribution >= 4 is 29.7 Å². The number of hydrogen-bond acceptors (Lipinski definition) is 5. The summed E-state index contributed by atoms with van der Waals surface area (Å²) in [5.41, 5.74) is 0. The van der Waals surface area contributed by atoms with Gasteiger partial charge in [0.1, 0.15) is 18.1 Å². The highest BCUT2D eigenvalue weighted by atomic mass is 16.4. The molecule has 1 rings (SSSR count). The summed E-state index contributed by atoms with van der Waals surface area (Å²) < 4.78 is 0. The molecule has 1 heterocycles. The van der Waals surface area contributed by atoms with E-state index in [-0.39, 0.29) is 18.7 Å². The van der Waals surface area contributed by atoms with E-state index in [0.717, 1.165) is 0 Å². The summed E-state index contributed by atoms with van der Waals surface area (Å²) in [6, 6.07) is -3.09. The number of carbonyl (C=O) groups is 5. The minimum atomic E-state index is -1.36. The van der Waals surface area contributed by atoms with Crippen LogP contribution < -0.4 is 16.0 Å². The third kappa shape index (κ3) is 5.93. The summed E-state index contributed by atoms with van der Waals surface area (Å²) in [4.78, 5) is 56.2. The average Bonchev–Trinajstić information content (AvgIpc) is 2.89. The monoisotopic (exact) mass is 329 g/mol. The van der Waals surface area contributed by atoms with Crippen LogP contribution in [0.15, 0.2) is 0 Å². The van der Waals surface area contributed by atoms with E-state index in [2.05, 4.69) is 16.0 Å². The first kappa shape index (κ1) is 18.4. The molecule has 0 bridgehead atoms. The normalized spacial score (nSPS) is 19.3. The van der Waals surface area contributed by atoms with E-state index >= 15 is 0 Å². The Bertz CT molecular complexity index is 520. The van der Waals surface area contributed by atoms with Gasteiger partial charge in [-0.15, -0.1) is 0 Å². The molecular weight excluding hydrogens is 310 g/mol. The fourth-order valence-electron chi connectivity index (χ4n) is 2.01. The third-order valence-electron chi connectivity index (χ3n) is 3.33.